The molecule has 6 heteroatoms. The number of fused-ring (bicyclic) bond motifs is 1. The van der Waals surface area contributed by atoms with Gasteiger partial charge in [-0.25, -0.2) is 10.4 Å². The number of aromatic amines is 1. The van der Waals surface area contributed by atoms with Gasteiger partial charge in [-0.15, -0.1) is 0 Å². The van der Waals surface area contributed by atoms with Crippen LogP contribution in [0.2, 0.25) is 0 Å². The van der Waals surface area contributed by atoms with Gasteiger partial charge in [-0.1, -0.05) is 0 Å². The topological polar surface area (TPSA) is 82.7 Å². The molecular formula is C9H9N5O. The standard InChI is InChI=1S/C9H9N5O/c15-7-3-6(13-14-7)5-4-12-9-8(5)10-1-2-11-9/h1-2,4,6,13H,3H2,(H,11,12)(H,14,15). The van der Waals surface area contributed by atoms with E-state index in [4.69, 9.17) is 0 Å². The van der Waals surface area contributed by atoms with Crippen molar-refractivity contribution in [3.63, 3.8) is 0 Å². The van der Waals surface area contributed by atoms with Gasteiger partial charge in [-0.2, -0.15) is 0 Å². The second kappa shape index (κ2) is 3.03. The molecule has 15 heavy (non-hydrogen) atoms. The van der Waals surface area contributed by atoms with Crippen LogP contribution in [-0.2, 0) is 4.79 Å². The lowest BCUT2D eigenvalue weighted by Gasteiger charge is -2.05. The van der Waals surface area contributed by atoms with Gasteiger partial charge < -0.3 is 4.98 Å². The number of H-pyrrole nitrogens is 1. The molecule has 3 heterocycles. The molecular weight excluding hydrogens is 194 g/mol. The van der Waals surface area contributed by atoms with E-state index in [0.717, 1.165) is 16.7 Å². The summed E-state index contributed by atoms with van der Waals surface area (Å²) in [5.41, 5.74) is 8.01. The first-order valence-electron chi connectivity index (χ1n) is 4.67. The summed E-state index contributed by atoms with van der Waals surface area (Å²) < 4.78 is 0. The Morgan fingerprint density at radius 2 is 2.20 bits per heavy atom. The van der Waals surface area contributed by atoms with Gasteiger partial charge in [0.1, 0.15) is 5.52 Å². The molecule has 1 unspecified atom stereocenters. The Morgan fingerprint density at radius 1 is 1.33 bits per heavy atom. The van der Waals surface area contributed by atoms with Gasteiger partial charge in [0.2, 0.25) is 5.91 Å². The van der Waals surface area contributed by atoms with Crippen molar-refractivity contribution in [3.8, 4) is 0 Å². The molecule has 76 valence electrons. The fraction of sp³-hybridized carbons (Fsp3) is 0.222. The molecule has 1 atom stereocenters. The van der Waals surface area contributed by atoms with E-state index in [9.17, 15) is 4.79 Å². The van der Waals surface area contributed by atoms with Crippen LogP contribution in [0, 0.1) is 0 Å². The Morgan fingerprint density at radius 3 is 3.00 bits per heavy atom. The number of aromatic nitrogens is 3. The monoisotopic (exact) mass is 203 g/mol. The van der Waals surface area contributed by atoms with Crippen LogP contribution in [0.15, 0.2) is 18.6 Å². The highest BCUT2D eigenvalue weighted by atomic mass is 16.2. The van der Waals surface area contributed by atoms with Crippen LogP contribution in [0.5, 0.6) is 0 Å². The van der Waals surface area contributed by atoms with Gasteiger partial charge >= 0.3 is 0 Å². The summed E-state index contributed by atoms with van der Waals surface area (Å²) in [4.78, 5) is 22.5. The third kappa shape index (κ3) is 1.26. The lowest BCUT2D eigenvalue weighted by Crippen LogP contribution is -2.27. The second-order valence-electron chi connectivity index (χ2n) is 3.45. The van der Waals surface area contributed by atoms with Crippen LogP contribution in [0.1, 0.15) is 18.0 Å². The second-order valence-corrected chi connectivity index (χ2v) is 3.45. The maximum absolute atomic E-state index is 11.1. The third-order valence-electron chi connectivity index (χ3n) is 2.49. The molecule has 1 aliphatic rings. The fourth-order valence-corrected chi connectivity index (χ4v) is 1.78. The van der Waals surface area contributed by atoms with E-state index in [1.54, 1.807) is 12.4 Å². The van der Waals surface area contributed by atoms with Crippen molar-refractivity contribution in [3.05, 3.63) is 24.2 Å². The maximum Gasteiger partial charge on any atom is 0.236 e. The zero-order valence-corrected chi connectivity index (χ0v) is 7.82. The van der Waals surface area contributed by atoms with Gasteiger partial charge in [0.15, 0.2) is 5.65 Å². The van der Waals surface area contributed by atoms with Gasteiger partial charge in [0, 0.05) is 30.6 Å². The van der Waals surface area contributed by atoms with Crippen LogP contribution in [-0.4, -0.2) is 20.9 Å². The SMILES string of the molecule is O=C1CC(c2c[nH]c3nccnc23)NN1. The third-order valence-corrected chi connectivity index (χ3v) is 2.49. The number of rotatable bonds is 1. The molecule has 0 radical (unpaired) electrons. The average molecular weight is 203 g/mol. The molecule has 0 saturated carbocycles. The van der Waals surface area contributed by atoms with E-state index in [1.807, 2.05) is 6.20 Å². The average Bonchev–Trinajstić information content (AvgIpc) is 2.83. The number of hydrazine groups is 1. The van der Waals surface area contributed by atoms with Crippen LogP contribution in [0.4, 0.5) is 0 Å². The number of nitrogens with zero attached hydrogens (tertiary/aromatic N) is 2. The van der Waals surface area contributed by atoms with E-state index < -0.39 is 0 Å². The summed E-state index contributed by atoms with van der Waals surface area (Å²) in [6, 6.07) is -0.0250. The molecule has 2 aromatic rings. The molecule has 3 N–H and O–H groups in total. The normalized spacial score (nSPS) is 20.8. The van der Waals surface area contributed by atoms with Crippen molar-refractivity contribution in [1.29, 1.82) is 0 Å². The molecule has 6 nitrogen and oxygen atoms in total. The first kappa shape index (κ1) is 8.37. The minimum atomic E-state index is -0.0250. The summed E-state index contributed by atoms with van der Waals surface area (Å²) in [5, 5.41) is 0. The number of nitrogens with one attached hydrogen (secondary N) is 3. The summed E-state index contributed by atoms with van der Waals surface area (Å²) in [6.45, 7) is 0. The quantitative estimate of drug-likeness (QED) is 0.610. The lowest BCUT2D eigenvalue weighted by molar-refractivity contribution is -0.119. The molecule has 1 aliphatic heterocycles. The zero-order chi connectivity index (χ0) is 10.3. The Bertz CT molecular complexity index is 520. The Balaban J connectivity index is 2.07. The highest BCUT2D eigenvalue weighted by Gasteiger charge is 2.25. The lowest BCUT2D eigenvalue weighted by atomic mass is 10.1. The van der Waals surface area contributed by atoms with Crippen LogP contribution < -0.4 is 10.9 Å². The Kier molecular flexibility index (Phi) is 1.69. The van der Waals surface area contributed by atoms with Crippen molar-refractivity contribution in [2.24, 2.45) is 0 Å². The molecule has 1 saturated heterocycles. The van der Waals surface area contributed by atoms with Gasteiger partial charge in [-0.3, -0.25) is 15.2 Å². The molecule has 3 rings (SSSR count). The molecule has 2 aromatic heterocycles. The maximum atomic E-state index is 11.1. The molecule has 0 aromatic carbocycles. The molecule has 1 fully saturated rings. The smallest absolute Gasteiger partial charge is 0.236 e. The van der Waals surface area contributed by atoms with Gasteiger partial charge in [0.05, 0.1) is 6.04 Å². The van der Waals surface area contributed by atoms with E-state index in [1.165, 1.54) is 0 Å². The minimum Gasteiger partial charge on any atom is -0.344 e. The minimum absolute atomic E-state index is 0.00163. The number of amides is 1. The van der Waals surface area contributed by atoms with E-state index in [0.29, 0.717) is 6.42 Å². The van der Waals surface area contributed by atoms with Crippen molar-refractivity contribution >= 4 is 17.1 Å². The first-order valence-corrected chi connectivity index (χ1v) is 4.67. The number of hydrogen-bond donors (Lipinski definition) is 3. The van der Waals surface area contributed by atoms with Crippen LogP contribution in [0.3, 0.4) is 0 Å². The van der Waals surface area contributed by atoms with E-state index in [-0.39, 0.29) is 11.9 Å². The Labute approximate surface area is 85.1 Å². The molecule has 0 spiro atoms. The first-order chi connectivity index (χ1) is 7.34. The van der Waals surface area contributed by atoms with Crippen LogP contribution >= 0.6 is 0 Å². The summed E-state index contributed by atoms with van der Waals surface area (Å²) in [7, 11) is 0. The molecule has 0 bridgehead atoms. The highest BCUT2D eigenvalue weighted by Crippen LogP contribution is 2.24. The van der Waals surface area contributed by atoms with Crippen molar-refractivity contribution in [1.82, 2.24) is 25.8 Å². The number of hydrogen-bond acceptors (Lipinski definition) is 4. The van der Waals surface area contributed by atoms with Crippen molar-refractivity contribution in [2.45, 2.75) is 12.5 Å². The van der Waals surface area contributed by atoms with Gasteiger partial charge in [-0.05, 0) is 0 Å². The number of carbonyl (C=O) groups excluding carboxylic acids is 1. The summed E-state index contributed by atoms with van der Waals surface area (Å²) in [5.74, 6) is -0.00163. The molecule has 0 aliphatic carbocycles. The van der Waals surface area contributed by atoms with Crippen molar-refractivity contribution in [2.75, 3.05) is 0 Å². The predicted molar refractivity (Wildman–Crippen MR) is 52.5 cm³/mol. The van der Waals surface area contributed by atoms with E-state index in [2.05, 4.69) is 25.8 Å². The summed E-state index contributed by atoms with van der Waals surface area (Å²) >= 11 is 0. The van der Waals surface area contributed by atoms with E-state index >= 15 is 0 Å². The Hall–Kier alpha value is -1.95. The van der Waals surface area contributed by atoms with Gasteiger partial charge in [0.25, 0.3) is 0 Å². The fourth-order valence-electron chi connectivity index (χ4n) is 1.78. The predicted octanol–water partition coefficient (Wildman–Crippen LogP) is 0.0235. The van der Waals surface area contributed by atoms with Crippen molar-refractivity contribution < 1.29 is 4.79 Å². The highest BCUT2D eigenvalue weighted by molar-refractivity contribution is 5.81. The molecule has 1 amide bonds. The number of carbonyl (C=O) groups is 1. The summed E-state index contributed by atoms with van der Waals surface area (Å²) in [6.07, 6.45) is 5.55. The van der Waals surface area contributed by atoms with Crippen LogP contribution in [0.25, 0.3) is 11.2 Å². The largest absolute Gasteiger partial charge is 0.344 e. The zero-order valence-electron chi connectivity index (χ0n) is 7.82.